The highest BCUT2D eigenvalue weighted by atomic mass is 16.5. The van der Waals surface area contributed by atoms with E-state index in [-0.39, 0.29) is 11.9 Å². The summed E-state index contributed by atoms with van der Waals surface area (Å²) >= 11 is 0. The van der Waals surface area contributed by atoms with Crippen LogP contribution in [0.5, 0.6) is 5.75 Å². The van der Waals surface area contributed by atoms with Crippen molar-refractivity contribution >= 4 is 11.9 Å². The Morgan fingerprint density at radius 2 is 2.07 bits per heavy atom. The van der Waals surface area contributed by atoms with Crippen molar-refractivity contribution in [3.05, 3.63) is 29.8 Å². The van der Waals surface area contributed by atoms with Crippen molar-refractivity contribution in [2.45, 2.75) is 39.5 Å². The van der Waals surface area contributed by atoms with Gasteiger partial charge in [-0.3, -0.25) is 9.79 Å². The Morgan fingerprint density at radius 3 is 2.78 bits per heavy atom. The number of benzene rings is 1. The topological polar surface area (TPSA) is 63.2 Å². The fraction of sp³-hybridized carbons (Fsp3) is 0.619. The van der Waals surface area contributed by atoms with Crippen LogP contribution < -0.4 is 10.1 Å². The number of piperidine rings is 1. The van der Waals surface area contributed by atoms with Gasteiger partial charge in [-0.25, -0.2) is 0 Å². The minimum atomic E-state index is -0.0918. The van der Waals surface area contributed by atoms with E-state index >= 15 is 0 Å². The van der Waals surface area contributed by atoms with Crippen LogP contribution in [0, 0.1) is 12.8 Å². The molecule has 1 aromatic carbocycles. The summed E-state index contributed by atoms with van der Waals surface area (Å²) in [6.07, 6.45) is 3.85. The number of carbonyl (C=O) groups is 1. The molecule has 6 nitrogen and oxygen atoms in total. The van der Waals surface area contributed by atoms with Crippen LogP contribution in [0.15, 0.2) is 29.3 Å². The van der Waals surface area contributed by atoms with Gasteiger partial charge < -0.3 is 19.7 Å². The number of hydrogen-bond acceptors (Lipinski definition) is 4. The molecule has 1 aliphatic rings. The molecule has 27 heavy (non-hydrogen) atoms. The molecule has 1 saturated heterocycles. The molecular formula is C21H33N3O3. The zero-order chi connectivity index (χ0) is 19.5. The second kappa shape index (κ2) is 11.5. The van der Waals surface area contributed by atoms with Gasteiger partial charge in [0, 0.05) is 26.7 Å². The third-order valence-electron chi connectivity index (χ3n) is 4.70. The number of rotatable bonds is 8. The minimum Gasteiger partial charge on any atom is -0.494 e. The van der Waals surface area contributed by atoms with Crippen LogP contribution in [0.25, 0.3) is 0 Å². The van der Waals surface area contributed by atoms with Crippen molar-refractivity contribution in [1.82, 2.24) is 10.2 Å². The van der Waals surface area contributed by atoms with Crippen LogP contribution in [0.2, 0.25) is 0 Å². The van der Waals surface area contributed by atoms with E-state index in [1.807, 2.05) is 19.1 Å². The van der Waals surface area contributed by atoms with Gasteiger partial charge in [-0.05, 0) is 51.7 Å². The van der Waals surface area contributed by atoms with Gasteiger partial charge in [-0.1, -0.05) is 17.7 Å². The second-order valence-electron chi connectivity index (χ2n) is 6.88. The fourth-order valence-electron chi connectivity index (χ4n) is 3.21. The van der Waals surface area contributed by atoms with Crippen molar-refractivity contribution in [1.29, 1.82) is 0 Å². The first-order valence-electron chi connectivity index (χ1n) is 9.95. The molecular weight excluding hydrogens is 342 g/mol. The number of nitrogens with one attached hydrogen (secondary N) is 1. The van der Waals surface area contributed by atoms with E-state index in [1.165, 1.54) is 5.56 Å². The van der Waals surface area contributed by atoms with Crippen molar-refractivity contribution in [2.24, 2.45) is 10.9 Å². The van der Waals surface area contributed by atoms with Gasteiger partial charge in [-0.15, -0.1) is 0 Å². The van der Waals surface area contributed by atoms with Crippen LogP contribution in [0.3, 0.4) is 0 Å². The molecule has 1 unspecified atom stereocenters. The molecule has 150 valence electrons. The third kappa shape index (κ3) is 7.12. The maximum Gasteiger partial charge on any atom is 0.310 e. The van der Waals surface area contributed by atoms with Gasteiger partial charge >= 0.3 is 5.97 Å². The van der Waals surface area contributed by atoms with Crippen LogP contribution in [0.4, 0.5) is 0 Å². The number of carbonyl (C=O) groups excluding carboxylic acids is 1. The van der Waals surface area contributed by atoms with Crippen LogP contribution in [-0.4, -0.2) is 56.7 Å². The molecule has 2 rings (SSSR count). The number of nitrogens with zero attached hydrogens (tertiary/aromatic N) is 2. The van der Waals surface area contributed by atoms with Gasteiger partial charge in [0.25, 0.3) is 0 Å². The highest BCUT2D eigenvalue weighted by Crippen LogP contribution is 2.18. The lowest BCUT2D eigenvalue weighted by atomic mass is 9.98. The van der Waals surface area contributed by atoms with Crippen molar-refractivity contribution in [2.75, 3.05) is 39.9 Å². The standard InChI is InChI=1S/C21H33N3O3/c1-4-26-20(25)18-8-7-14-24(16-18)21(22-3)23-13-5-6-15-27-19-11-9-17(2)10-12-19/h9-12,18H,4-8,13-16H2,1-3H3,(H,22,23). The van der Waals surface area contributed by atoms with Gasteiger partial charge in [-0.2, -0.15) is 0 Å². The highest BCUT2D eigenvalue weighted by Gasteiger charge is 2.28. The van der Waals surface area contributed by atoms with Gasteiger partial charge in [0.1, 0.15) is 5.75 Å². The molecule has 1 atom stereocenters. The van der Waals surface area contributed by atoms with Crippen LogP contribution in [-0.2, 0) is 9.53 Å². The summed E-state index contributed by atoms with van der Waals surface area (Å²) < 4.78 is 10.9. The summed E-state index contributed by atoms with van der Waals surface area (Å²) in [6, 6.07) is 8.13. The molecule has 1 fully saturated rings. The smallest absolute Gasteiger partial charge is 0.310 e. The summed E-state index contributed by atoms with van der Waals surface area (Å²) in [7, 11) is 1.79. The summed E-state index contributed by atoms with van der Waals surface area (Å²) in [5.74, 6) is 1.64. The number of esters is 1. The summed E-state index contributed by atoms with van der Waals surface area (Å²) in [5, 5.41) is 3.41. The van der Waals surface area contributed by atoms with Crippen molar-refractivity contribution in [3.63, 3.8) is 0 Å². The zero-order valence-corrected chi connectivity index (χ0v) is 16.9. The Kier molecular flexibility index (Phi) is 8.95. The minimum absolute atomic E-state index is 0.0554. The number of unbranched alkanes of at least 4 members (excludes halogenated alkanes) is 1. The van der Waals surface area contributed by atoms with E-state index in [9.17, 15) is 4.79 Å². The monoisotopic (exact) mass is 375 g/mol. The number of likely N-dealkylation sites (tertiary alicyclic amines) is 1. The predicted molar refractivity (Wildman–Crippen MR) is 108 cm³/mol. The maximum absolute atomic E-state index is 12.0. The number of hydrogen-bond donors (Lipinski definition) is 1. The molecule has 1 N–H and O–H groups in total. The van der Waals surface area contributed by atoms with Crippen molar-refractivity contribution in [3.8, 4) is 5.75 Å². The first-order chi connectivity index (χ1) is 13.1. The summed E-state index contributed by atoms with van der Waals surface area (Å²) in [5.41, 5.74) is 1.24. The Bertz CT molecular complexity index is 601. The Labute approximate surface area is 162 Å². The van der Waals surface area contributed by atoms with Crippen LogP contribution in [0.1, 0.15) is 38.2 Å². The largest absolute Gasteiger partial charge is 0.494 e. The average Bonchev–Trinajstić information content (AvgIpc) is 2.69. The molecule has 0 radical (unpaired) electrons. The number of guanidine groups is 1. The molecule has 0 amide bonds. The van der Waals surface area contributed by atoms with E-state index in [2.05, 4.69) is 34.3 Å². The number of ether oxygens (including phenoxy) is 2. The lowest BCUT2D eigenvalue weighted by molar-refractivity contribution is -0.149. The van der Waals surface area contributed by atoms with E-state index in [0.717, 1.165) is 50.5 Å². The molecule has 0 aliphatic carbocycles. The van der Waals surface area contributed by atoms with E-state index in [4.69, 9.17) is 9.47 Å². The van der Waals surface area contributed by atoms with E-state index in [1.54, 1.807) is 7.05 Å². The molecule has 1 aromatic rings. The first kappa shape index (κ1) is 21.1. The summed E-state index contributed by atoms with van der Waals surface area (Å²) in [6.45, 7) is 7.50. The molecule has 0 bridgehead atoms. The molecule has 0 spiro atoms. The number of aliphatic imine (C=N–C) groups is 1. The highest BCUT2D eigenvalue weighted by molar-refractivity contribution is 5.81. The van der Waals surface area contributed by atoms with Gasteiger partial charge in [0.15, 0.2) is 5.96 Å². The van der Waals surface area contributed by atoms with Crippen molar-refractivity contribution < 1.29 is 14.3 Å². The lowest BCUT2D eigenvalue weighted by Gasteiger charge is -2.33. The second-order valence-corrected chi connectivity index (χ2v) is 6.88. The summed E-state index contributed by atoms with van der Waals surface area (Å²) in [4.78, 5) is 18.5. The lowest BCUT2D eigenvalue weighted by Crippen LogP contribution is -2.48. The Hall–Kier alpha value is -2.24. The molecule has 1 aliphatic heterocycles. The SMILES string of the molecule is CCOC(=O)C1CCCN(C(=NC)NCCCCOc2ccc(C)cc2)C1. The maximum atomic E-state index is 12.0. The normalized spacial score (nSPS) is 17.5. The van der Waals surface area contributed by atoms with E-state index in [0.29, 0.717) is 19.8 Å². The quantitative estimate of drug-likeness (QED) is 0.328. The average molecular weight is 376 g/mol. The number of aryl methyl sites for hydroxylation is 1. The Balaban J connectivity index is 1.66. The zero-order valence-electron chi connectivity index (χ0n) is 16.9. The van der Waals surface area contributed by atoms with E-state index < -0.39 is 0 Å². The first-order valence-corrected chi connectivity index (χ1v) is 9.95. The predicted octanol–water partition coefficient (Wildman–Crippen LogP) is 3.00. The molecule has 1 heterocycles. The van der Waals surface area contributed by atoms with Gasteiger partial charge in [0.2, 0.25) is 0 Å². The molecule has 0 saturated carbocycles. The molecule has 0 aromatic heterocycles. The Morgan fingerprint density at radius 1 is 1.30 bits per heavy atom. The van der Waals surface area contributed by atoms with Gasteiger partial charge in [0.05, 0.1) is 19.1 Å². The molecule has 6 heteroatoms. The van der Waals surface area contributed by atoms with Crippen LogP contribution >= 0.6 is 0 Å². The third-order valence-corrected chi connectivity index (χ3v) is 4.70. The fourth-order valence-corrected chi connectivity index (χ4v) is 3.21.